The summed E-state index contributed by atoms with van der Waals surface area (Å²) in [5, 5.41) is 8.99. The van der Waals surface area contributed by atoms with Crippen LogP contribution >= 0.6 is 0 Å². The van der Waals surface area contributed by atoms with E-state index in [0.717, 1.165) is 0 Å². The molecule has 0 fully saturated rings. The first-order valence-electron chi connectivity index (χ1n) is 8.22. The second-order valence-electron chi connectivity index (χ2n) is 5.86. The monoisotopic (exact) mass is 362 g/mol. The number of benzene rings is 1. The van der Waals surface area contributed by atoms with E-state index in [1.54, 1.807) is 32.0 Å². The third-order valence-corrected chi connectivity index (χ3v) is 3.62. The SMILES string of the molecule is CCC(C)NC(=O)C(=O)N/N=C(\C)CC(=O)Nc1ccc2c(c1)OCO2. The highest BCUT2D eigenvalue weighted by atomic mass is 16.7. The zero-order valence-corrected chi connectivity index (χ0v) is 14.9. The summed E-state index contributed by atoms with van der Waals surface area (Å²) in [4.78, 5) is 35.2. The van der Waals surface area contributed by atoms with Crippen LogP contribution in [0.1, 0.15) is 33.6 Å². The van der Waals surface area contributed by atoms with Crippen molar-refractivity contribution in [1.29, 1.82) is 0 Å². The zero-order valence-electron chi connectivity index (χ0n) is 14.9. The molecule has 2 rings (SSSR count). The number of hydrazone groups is 1. The van der Waals surface area contributed by atoms with Gasteiger partial charge in [-0.2, -0.15) is 5.10 Å². The molecule has 0 aromatic heterocycles. The van der Waals surface area contributed by atoms with Gasteiger partial charge in [0.1, 0.15) is 0 Å². The summed E-state index contributed by atoms with van der Waals surface area (Å²) in [6.45, 7) is 5.42. The summed E-state index contributed by atoms with van der Waals surface area (Å²) >= 11 is 0. The lowest BCUT2D eigenvalue weighted by atomic mass is 10.2. The number of rotatable bonds is 6. The van der Waals surface area contributed by atoms with E-state index in [9.17, 15) is 14.4 Å². The van der Waals surface area contributed by atoms with E-state index in [2.05, 4.69) is 21.2 Å². The van der Waals surface area contributed by atoms with Crippen LogP contribution in [0.5, 0.6) is 11.5 Å². The number of ether oxygens (including phenoxy) is 2. The number of fused-ring (bicyclic) bond motifs is 1. The first kappa shape index (κ1) is 19.2. The number of carbonyl (C=O) groups is 3. The van der Waals surface area contributed by atoms with Crippen molar-refractivity contribution < 1.29 is 23.9 Å². The molecule has 3 N–H and O–H groups in total. The lowest BCUT2D eigenvalue weighted by Crippen LogP contribution is -2.42. The van der Waals surface area contributed by atoms with Crippen LogP contribution in [-0.2, 0) is 14.4 Å². The van der Waals surface area contributed by atoms with Gasteiger partial charge in [-0.15, -0.1) is 0 Å². The van der Waals surface area contributed by atoms with Crippen molar-refractivity contribution in [1.82, 2.24) is 10.7 Å². The van der Waals surface area contributed by atoms with Crippen LogP contribution in [-0.4, -0.2) is 36.3 Å². The lowest BCUT2D eigenvalue weighted by Gasteiger charge is -2.10. The Morgan fingerprint density at radius 3 is 2.65 bits per heavy atom. The van der Waals surface area contributed by atoms with Crippen molar-refractivity contribution in [2.45, 2.75) is 39.7 Å². The summed E-state index contributed by atoms with van der Waals surface area (Å²) < 4.78 is 10.4. The molecule has 9 heteroatoms. The number of hydrogen-bond acceptors (Lipinski definition) is 6. The standard InChI is InChI=1S/C17H22N4O5/c1-4-10(2)18-16(23)17(24)21-20-11(3)7-15(22)19-12-5-6-13-14(8-12)26-9-25-13/h5-6,8,10H,4,7,9H2,1-3H3,(H,18,23)(H,19,22)(H,21,24)/b20-11+. The van der Waals surface area contributed by atoms with E-state index in [1.807, 2.05) is 6.92 Å². The van der Waals surface area contributed by atoms with Crippen LogP contribution in [0.4, 0.5) is 5.69 Å². The topological polar surface area (TPSA) is 118 Å². The minimum absolute atomic E-state index is 0.0400. The highest BCUT2D eigenvalue weighted by Gasteiger charge is 2.16. The lowest BCUT2D eigenvalue weighted by molar-refractivity contribution is -0.139. The Balaban J connectivity index is 1.81. The molecule has 0 saturated carbocycles. The summed E-state index contributed by atoms with van der Waals surface area (Å²) in [7, 11) is 0. The Morgan fingerprint density at radius 2 is 1.92 bits per heavy atom. The quantitative estimate of drug-likeness (QED) is 0.399. The Bertz CT molecular complexity index is 732. The zero-order chi connectivity index (χ0) is 19.1. The van der Waals surface area contributed by atoms with Gasteiger partial charge in [0.05, 0.1) is 6.42 Å². The largest absolute Gasteiger partial charge is 0.454 e. The molecule has 9 nitrogen and oxygen atoms in total. The molecule has 1 aromatic carbocycles. The molecule has 0 saturated heterocycles. The van der Waals surface area contributed by atoms with Crippen LogP contribution in [0, 0.1) is 0 Å². The fourth-order valence-electron chi connectivity index (χ4n) is 2.04. The average molecular weight is 362 g/mol. The number of carbonyl (C=O) groups excluding carboxylic acids is 3. The Labute approximate surface area is 151 Å². The van der Waals surface area contributed by atoms with Gasteiger partial charge in [-0.1, -0.05) is 6.92 Å². The molecule has 0 spiro atoms. The number of nitrogens with zero attached hydrogens (tertiary/aromatic N) is 1. The van der Waals surface area contributed by atoms with Gasteiger partial charge >= 0.3 is 11.8 Å². The highest BCUT2D eigenvalue weighted by Crippen LogP contribution is 2.34. The minimum Gasteiger partial charge on any atom is -0.454 e. The number of anilines is 1. The number of hydrogen-bond donors (Lipinski definition) is 3. The first-order valence-corrected chi connectivity index (χ1v) is 8.22. The average Bonchev–Trinajstić information content (AvgIpc) is 3.06. The highest BCUT2D eigenvalue weighted by molar-refractivity contribution is 6.35. The molecule has 1 aromatic rings. The molecule has 0 radical (unpaired) electrons. The third-order valence-electron chi connectivity index (χ3n) is 3.62. The molecular weight excluding hydrogens is 340 g/mol. The van der Waals surface area contributed by atoms with E-state index < -0.39 is 11.8 Å². The van der Waals surface area contributed by atoms with Gasteiger partial charge < -0.3 is 20.1 Å². The predicted molar refractivity (Wildman–Crippen MR) is 95.0 cm³/mol. The Kier molecular flexibility index (Phi) is 6.54. The predicted octanol–water partition coefficient (Wildman–Crippen LogP) is 1.15. The van der Waals surface area contributed by atoms with Gasteiger partial charge in [0, 0.05) is 23.5 Å². The van der Waals surface area contributed by atoms with Crippen molar-refractivity contribution >= 4 is 29.1 Å². The molecule has 1 heterocycles. The second-order valence-corrected chi connectivity index (χ2v) is 5.86. The van der Waals surface area contributed by atoms with E-state index >= 15 is 0 Å². The van der Waals surface area contributed by atoms with Crippen LogP contribution < -0.4 is 25.5 Å². The fourth-order valence-corrected chi connectivity index (χ4v) is 2.04. The summed E-state index contributed by atoms with van der Waals surface area (Å²) in [5.74, 6) is -0.767. The minimum atomic E-state index is -0.874. The van der Waals surface area contributed by atoms with E-state index in [-0.39, 0.29) is 25.2 Å². The molecule has 0 bridgehead atoms. The number of amides is 3. The van der Waals surface area contributed by atoms with Crippen molar-refractivity contribution in [3.63, 3.8) is 0 Å². The van der Waals surface area contributed by atoms with Gasteiger partial charge in [0.25, 0.3) is 0 Å². The molecule has 1 aliphatic rings. The Hall–Kier alpha value is -3.10. The van der Waals surface area contributed by atoms with Gasteiger partial charge in [0.15, 0.2) is 11.5 Å². The second kappa shape index (κ2) is 8.84. The molecule has 3 amide bonds. The van der Waals surface area contributed by atoms with E-state index in [4.69, 9.17) is 9.47 Å². The Morgan fingerprint density at radius 1 is 1.19 bits per heavy atom. The fraction of sp³-hybridized carbons (Fsp3) is 0.412. The molecule has 1 aliphatic heterocycles. The summed E-state index contributed by atoms with van der Waals surface area (Å²) in [6, 6.07) is 4.95. The maximum Gasteiger partial charge on any atom is 0.329 e. The first-order chi connectivity index (χ1) is 12.4. The maximum atomic E-state index is 12.0. The van der Waals surface area contributed by atoms with Crippen LogP contribution in [0.2, 0.25) is 0 Å². The normalized spacial score (nSPS) is 13.7. The van der Waals surface area contributed by atoms with Crippen molar-refractivity contribution in [2.75, 3.05) is 12.1 Å². The van der Waals surface area contributed by atoms with Gasteiger partial charge in [-0.25, -0.2) is 5.43 Å². The number of nitrogens with one attached hydrogen (secondary N) is 3. The summed E-state index contributed by atoms with van der Waals surface area (Å²) in [6.07, 6.45) is 0.670. The van der Waals surface area contributed by atoms with E-state index in [1.165, 1.54) is 0 Å². The van der Waals surface area contributed by atoms with E-state index in [0.29, 0.717) is 29.3 Å². The van der Waals surface area contributed by atoms with Crippen LogP contribution in [0.15, 0.2) is 23.3 Å². The molecule has 0 aliphatic carbocycles. The maximum absolute atomic E-state index is 12.0. The van der Waals surface area contributed by atoms with Gasteiger partial charge in [0.2, 0.25) is 12.7 Å². The van der Waals surface area contributed by atoms with Crippen molar-refractivity contribution in [3.8, 4) is 11.5 Å². The molecule has 26 heavy (non-hydrogen) atoms. The molecule has 140 valence electrons. The van der Waals surface area contributed by atoms with Crippen LogP contribution in [0.25, 0.3) is 0 Å². The molecule has 1 unspecified atom stereocenters. The third kappa shape index (κ3) is 5.47. The summed E-state index contributed by atoms with van der Waals surface area (Å²) in [5.41, 5.74) is 3.05. The smallest absolute Gasteiger partial charge is 0.329 e. The van der Waals surface area contributed by atoms with Crippen molar-refractivity contribution in [3.05, 3.63) is 18.2 Å². The van der Waals surface area contributed by atoms with Gasteiger partial charge in [-0.05, 0) is 32.4 Å². The molecular formula is C17H22N4O5. The van der Waals surface area contributed by atoms with Crippen molar-refractivity contribution in [2.24, 2.45) is 5.10 Å². The molecule has 1 atom stereocenters. The van der Waals surface area contributed by atoms with Gasteiger partial charge in [-0.3, -0.25) is 14.4 Å². The van der Waals surface area contributed by atoms with Crippen LogP contribution in [0.3, 0.4) is 0 Å².